The highest BCUT2D eigenvalue weighted by molar-refractivity contribution is 5.94. The summed E-state index contributed by atoms with van der Waals surface area (Å²) in [7, 11) is 0. The van der Waals surface area contributed by atoms with Crippen LogP contribution in [0.3, 0.4) is 0 Å². The normalized spacial score (nSPS) is 17.2. The van der Waals surface area contributed by atoms with Crippen LogP contribution >= 0.6 is 0 Å². The van der Waals surface area contributed by atoms with Crippen molar-refractivity contribution >= 4 is 5.91 Å². The zero-order valence-electron chi connectivity index (χ0n) is 14.2. The standard InChI is InChI=1S/C19H21N5O/c1-15-9-11-21-24(15)17-7-5-16(6-8-17)19(25)23-13-2-4-18(23)14-22-12-3-10-20-22/h3,5-12,18H,2,4,13-14H2,1H3/t18-/m0/s1. The molecule has 1 aliphatic rings. The third-order valence-electron chi connectivity index (χ3n) is 4.79. The molecule has 3 heterocycles. The van der Waals surface area contributed by atoms with Gasteiger partial charge in [-0.25, -0.2) is 4.68 Å². The van der Waals surface area contributed by atoms with Gasteiger partial charge in [0.1, 0.15) is 0 Å². The summed E-state index contributed by atoms with van der Waals surface area (Å²) in [6, 6.07) is 11.8. The highest BCUT2D eigenvalue weighted by Crippen LogP contribution is 2.22. The zero-order chi connectivity index (χ0) is 17.2. The van der Waals surface area contributed by atoms with E-state index in [1.54, 1.807) is 12.4 Å². The molecule has 2 aromatic heterocycles. The van der Waals surface area contributed by atoms with Crippen LogP contribution in [0.2, 0.25) is 0 Å². The first kappa shape index (κ1) is 15.6. The Morgan fingerprint density at radius 1 is 1.16 bits per heavy atom. The molecule has 1 saturated heterocycles. The fourth-order valence-corrected chi connectivity index (χ4v) is 3.47. The van der Waals surface area contributed by atoms with E-state index in [1.165, 1.54) is 0 Å². The maximum Gasteiger partial charge on any atom is 0.254 e. The van der Waals surface area contributed by atoms with E-state index in [0.29, 0.717) is 0 Å². The number of amides is 1. The second-order valence-corrected chi connectivity index (χ2v) is 6.45. The number of rotatable bonds is 4. The molecule has 0 unspecified atom stereocenters. The fourth-order valence-electron chi connectivity index (χ4n) is 3.47. The molecule has 4 rings (SSSR count). The Labute approximate surface area is 146 Å². The Kier molecular flexibility index (Phi) is 4.09. The number of aryl methyl sites for hydroxylation is 1. The first-order chi connectivity index (χ1) is 12.2. The molecule has 0 bridgehead atoms. The minimum Gasteiger partial charge on any atom is -0.334 e. The van der Waals surface area contributed by atoms with Crippen molar-refractivity contribution in [1.29, 1.82) is 0 Å². The Balaban J connectivity index is 1.51. The topological polar surface area (TPSA) is 56.0 Å². The van der Waals surface area contributed by atoms with Gasteiger partial charge >= 0.3 is 0 Å². The summed E-state index contributed by atoms with van der Waals surface area (Å²) in [6.45, 7) is 3.57. The Hall–Kier alpha value is -2.89. The monoisotopic (exact) mass is 335 g/mol. The molecule has 0 aliphatic carbocycles. The van der Waals surface area contributed by atoms with Crippen LogP contribution in [0.1, 0.15) is 28.9 Å². The van der Waals surface area contributed by atoms with Crippen molar-refractivity contribution in [2.24, 2.45) is 0 Å². The largest absolute Gasteiger partial charge is 0.334 e. The first-order valence-electron chi connectivity index (χ1n) is 8.62. The van der Waals surface area contributed by atoms with Crippen molar-refractivity contribution in [2.75, 3.05) is 6.54 Å². The lowest BCUT2D eigenvalue weighted by atomic mass is 10.1. The van der Waals surface area contributed by atoms with Gasteiger partial charge in [0.2, 0.25) is 0 Å². The molecule has 1 fully saturated rings. The molecule has 6 heteroatoms. The average Bonchev–Trinajstić information content (AvgIpc) is 3.37. The predicted molar refractivity (Wildman–Crippen MR) is 94.6 cm³/mol. The summed E-state index contributed by atoms with van der Waals surface area (Å²) in [4.78, 5) is 14.9. The van der Waals surface area contributed by atoms with E-state index in [1.807, 2.05) is 63.8 Å². The molecule has 1 atom stereocenters. The molecule has 0 spiro atoms. The number of benzene rings is 1. The van der Waals surface area contributed by atoms with Gasteiger partial charge in [-0.3, -0.25) is 9.48 Å². The highest BCUT2D eigenvalue weighted by Gasteiger charge is 2.29. The van der Waals surface area contributed by atoms with Crippen LogP contribution in [0.15, 0.2) is 55.0 Å². The summed E-state index contributed by atoms with van der Waals surface area (Å²) in [5.41, 5.74) is 2.76. The van der Waals surface area contributed by atoms with E-state index in [0.717, 1.165) is 42.9 Å². The predicted octanol–water partition coefficient (Wildman–Crippen LogP) is 2.68. The SMILES string of the molecule is Cc1ccnn1-c1ccc(C(=O)N2CCC[C@H]2Cn2cccn2)cc1. The smallest absolute Gasteiger partial charge is 0.254 e. The van der Waals surface area contributed by atoms with Gasteiger partial charge in [-0.05, 0) is 56.2 Å². The third-order valence-corrected chi connectivity index (χ3v) is 4.79. The van der Waals surface area contributed by atoms with Gasteiger partial charge in [-0.15, -0.1) is 0 Å². The van der Waals surface area contributed by atoms with Gasteiger partial charge < -0.3 is 4.90 Å². The quantitative estimate of drug-likeness (QED) is 0.736. The maximum absolute atomic E-state index is 12.9. The molecule has 1 amide bonds. The van der Waals surface area contributed by atoms with Gasteiger partial charge in [-0.2, -0.15) is 10.2 Å². The molecular formula is C19H21N5O. The molecular weight excluding hydrogens is 314 g/mol. The maximum atomic E-state index is 12.9. The van der Waals surface area contributed by atoms with Crippen LogP contribution in [-0.2, 0) is 6.54 Å². The van der Waals surface area contributed by atoms with E-state index < -0.39 is 0 Å². The van der Waals surface area contributed by atoms with Crippen LogP contribution in [0.5, 0.6) is 0 Å². The van der Waals surface area contributed by atoms with E-state index in [2.05, 4.69) is 10.2 Å². The summed E-state index contributed by atoms with van der Waals surface area (Å²) in [5, 5.41) is 8.57. The summed E-state index contributed by atoms with van der Waals surface area (Å²) < 4.78 is 3.77. The van der Waals surface area contributed by atoms with E-state index in [-0.39, 0.29) is 11.9 Å². The lowest BCUT2D eigenvalue weighted by Crippen LogP contribution is -2.38. The van der Waals surface area contributed by atoms with Crippen molar-refractivity contribution in [3.8, 4) is 5.69 Å². The Morgan fingerprint density at radius 2 is 2.00 bits per heavy atom. The molecule has 6 nitrogen and oxygen atoms in total. The average molecular weight is 335 g/mol. The van der Waals surface area contributed by atoms with Gasteiger partial charge in [0.05, 0.1) is 18.3 Å². The molecule has 0 saturated carbocycles. The number of likely N-dealkylation sites (tertiary alicyclic amines) is 1. The highest BCUT2D eigenvalue weighted by atomic mass is 16.2. The molecule has 0 radical (unpaired) electrons. The van der Waals surface area contributed by atoms with Crippen molar-refractivity contribution in [3.63, 3.8) is 0 Å². The van der Waals surface area contributed by atoms with Gasteiger partial charge in [0, 0.05) is 36.4 Å². The lowest BCUT2D eigenvalue weighted by Gasteiger charge is -2.25. The van der Waals surface area contributed by atoms with Crippen molar-refractivity contribution in [1.82, 2.24) is 24.5 Å². The number of nitrogens with zero attached hydrogens (tertiary/aromatic N) is 5. The van der Waals surface area contributed by atoms with E-state index >= 15 is 0 Å². The Bertz CT molecular complexity index is 850. The first-order valence-corrected chi connectivity index (χ1v) is 8.62. The molecule has 1 aliphatic heterocycles. The van der Waals surface area contributed by atoms with Gasteiger partial charge in [-0.1, -0.05) is 0 Å². The molecule has 128 valence electrons. The van der Waals surface area contributed by atoms with Gasteiger partial charge in [0.15, 0.2) is 0 Å². The molecule has 0 N–H and O–H groups in total. The number of carbonyl (C=O) groups excluding carboxylic acids is 1. The number of hydrogen-bond acceptors (Lipinski definition) is 3. The minimum atomic E-state index is 0.0957. The minimum absolute atomic E-state index is 0.0957. The van der Waals surface area contributed by atoms with Crippen LogP contribution in [-0.4, -0.2) is 43.0 Å². The molecule has 3 aromatic rings. The van der Waals surface area contributed by atoms with Crippen LogP contribution in [0, 0.1) is 6.92 Å². The number of aromatic nitrogens is 4. The lowest BCUT2D eigenvalue weighted by molar-refractivity contribution is 0.0721. The Morgan fingerprint density at radius 3 is 2.68 bits per heavy atom. The fraction of sp³-hybridized carbons (Fsp3) is 0.316. The summed E-state index contributed by atoms with van der Waals surface area (Å²) in [5.74, 6) is 0.0957. The molecule has 25 heavy (non-hydrogen) atoms. The second-order valence-electron chi connectivity index (χ2n) is 6.45. The molecule has 1 aromatic carbocycles. The number of carbonyl (C=O) groups is 1. The van der Waals surface area contributed by atoms with Crippen LogP contribution in [0.25, 0.3) is 5.69 Å². The zero-order valence-corrected chi connectivity index (χ0v) is 14.2. The van der Waals surface area contributed by atoms with Crippen LogP contribution in [0.4, 0.5) is 0 Å². The van der Waals surface area contributed by atoms with Gasteiger partial charge in [0.25, 0.3) is 5.91 Å². The summed E-state index contributed by atoms with van der Waals surface area (Å²) >= 11 is 0. The second kappa shape index (κ2) is 6.55. The van der Waals surface area contributed by atoms with Crippen LogP contribution < -0.4 is 0 Å². The third kappa shape index (κ3) is 3.07. The number of hydrogen-bond donors (Lipinski definition) is 0. The summed E-state index contributed by atoms with van der Waals surface area (Å²) in [6.07, 6.45) is 7.57. The van der Waals surface area contributed by atoms with Crippen molar-refractivity contribution in [3.05, 3.63) is 66.2 Å². The van der Waals surface area contributed by atoms with E-state index in [4.69, 9.17) is 0 Å². The van der Waals surface area contributed by atoms with E-state index in [9.17, 15) is 4.79 Å². The van der Waals surface area contributed by atoms with Crippen molar-refractivity contribution in [2.45, 2.75) is 32.4 Å². The van der Waals surface area contributed by atoms with Crippen molar-refractivity contribution < 1.29 is 4.79 Å².